The molecule has 0 aliphatic rings. The summed E-state index contributed by atoms with van der Waals surface area (Å²) in [5.41, 5.74) is 5.34. The van der Waals surface area contributed by atoms with Crippen molar-refractivity contribution in [2.45, 2.75) is 13.5 Å². The lowest BCUT2D eigenvalue weighted by atomic mass is 10.1. The standard InChI is InChI=1S/C28H25I2N3O3/c1-2-35-26-15-19(16-32-33-27(34)17-31-23-12-10-22(29)11-13-23)14-25(30)28(26)36-18-21-8-5-7-20-6-3-4-9-24(20)21/h3-16,31H,2,17-18H2,1H3,(H,33,34)/b32-16-. The van der Waals surface area contributed by atoms with E-state index in [1.54, 1.807) is 6.21 Å². The summed E-state index contributed by atoms with van der Waals surface area (Å²) in [7, 11) is 0. The van der Waals surface area contributed by atoms with E-state index in [0.717, 1.165) is 24.0 Å². The fourth-order valence-electron chi connectivity index (χ4n) is 3.60. The molecule has 2 N–H and O–H groups in total. The molecule has 6 nitrogen and oxygen atoms in total. The van der Waals surface area contributed by atoms with Gasteiger partial charge in [0, 0.05) is 9.26 Å². The van der Waals surface area contributed by atoms with Gasteiger partial charge in [-0.1, -0.05) is 42.5 Å². The molecule has 0 unspecified atom stereocenters. The van der Waals surface area contributed by atoms with Crippen molar-refractivity contribution in [1.82, 2.24) is 5.43 Å². The van der Waals surface area contributed by atoms with Crippen molar-refractivity contribution >= 4 is 73.8 Å². The smallest absolute Gasteiger partial charge is 0.259 e. The van der Waals surface area contributed by atoms with Crippen LogP contribution < -0.4 is 20.2 Å². The Morgan fingerprint density at radius 2 is 1.75 bits per heavy atom. The van der Waals surface area contributed by atoms with Crippen molar-refractivity contribution < 1.29 is 14.3 Å². The van der Waals surface area contributed by atoms with Crippen molar-refractivity contribution in [2.24, 2.45) is 5.10 Å². The number of hydrogen-bond donors (Lipinski definition) is 2. The predicted molar refractivity (Wildman–Crippen MR) is 162 cm³/mol. The summed E-state index contributed by atoms with van der Waals surface area (Å²) in [4.78, 5) is 12.1. The number of nitrogens with zero attached hydrogens (tertiary/aromatic N) is 1. The third-order valence-corrected chi connectivity index (χ3v) is 6.80. The molecule has 0 heterocycles. The molecular formula is C28H25I2N3O3. The highest BCUT2D eigenvalue weighted by atomic mass is 127. The fourth-order valence-corrected chi connectivity index (χ4v) is 4.74. The molecule has 0 aromatic heterocycles. The van der Waals surface area contributed by atoms with Crippen molar-refractivity contribution in [3.8, 4) is 11.5 Å². The summed E-state index contributed by atoms with van der Waals surface area (Å²) in [5.74, 6) is 1.09. The Balaban J connectivity index is 1.40. The molecule has 0 saturated carbocycles. The number of halogens is 2. The lowest BCUT2D eigenvalue weighted by molar-refractivity contribution is -0.119. The monoisotopic (exact) mass is 705 g/mol. The third-order valence-electron chi connectivity index (χ3n) is 5.28. The molecule has 4 aromatic carbocycles. The minimum absolute atomic E-state index is 0.126. The number of hydrazone groups is 1. The first-order valence-electron chi connectivity index (χ1n) is 11.4. The number of hydrogen-bond acceptors (Lipinski definition) is 5. The van der Waals surface area contributed by atoms with Crippen LogP contribution in [0.3, 0.4) is 0 Å². The van der Waals surface area contributed by atoms with E-state index in [0.29, 0.717) is 24.7 Å². The summed E-state index contributed by atoms with van der Waals surface area (Å²) < 4.78 is 14.1. The number of fused-ring (bicyclic) bond motifs is 1. The van der Waals surface area contributed by atoms with Crippen LogP contribution in [-0.2, 0) is 11.4 Å². The number of ether oxygens (including phenoxy) is 2. The molecule has 0 saturated heterocycles. The van der Waals surface area contributed by atoms with Crippen LogP contribution in [0.2, 0.25) is 0 Å². The average molecular weight is 705 g/mol. The van der Waals surface area contributed by atoms with E-state index in [4.69, 9.17) is 9.47 Å². The Morgan fingerprint density at radius 3 is 2.56 bits per heavy atom. The predicted octanol–water partition coefficient (Wildman–Crippen LogP) is 6.59. The number of anilines is 1. The van der Waals surface area contributed by atoms with Crippen LogP contribution in [0.4, 0.5) is 5.69 Å². The topological polar surface area (TPSA) is 72.0 Å². The van der Waals surface area contributed by atoms with Gasteiger partial charge < -0.3 is 14.8 Å². The Bertz CT molecular complexity index is 1370. The average Bonchev–Trinajstić information content (AvgIpc) is 2.88. The zero-order valence-electron chi connectivity index (χ0n) is 19.6. The van der Waals surface area contributed by atoms with Gasteiger partial charge >= 0.3 is 0 Å². The van der Waals surface area contributed by atoms with Gasteiger partial charge in [0.05, 0.1) is 22.9 Å². The number of amides is 1. The lowest BCUT2D eigenvalue weighted by Gasteiger charge is -2.15. The van der Waals surface area contributed by atoms with E-state index in [1.165, 1.54) is 10.8 Å². The Morgan fingerprint density at radius 1 is 0.972 bits per heavy atom. The summed E-state index contributed by atoms with van der Waals surface area (Å²) >= 11 is 4.47. The van der Waals surface area contributed by atoms with Crippen molar-refractivity contribution in [3.05, 3.63) is 97.1 Å². The summed E-state index contributed by atoms with van der Waals surface area (Å²) in [6.45, 7) is 2.99. The van der Waals surface area contributed by atoms with Crippen LogP contribution in [0, 0.1) is 7.14 Å². The molecule has 36 heavy (non-hydrogen) atoms. The van der Waals surface area contributed by atoms with E-state index in [1.807, 2.05) is 61.5 Å². The quantitative estimate of drug-likeness (QED) is 0.111. The highest BCUT2D eigenvalue weighted by molar-refractivity contribution is 14.1. The first-order chi connectivity index (χ1) is 17.5. The van der Waals surface area contributed by atoms with E-state index < -0.39 is 0 Å². The van der Waals surface area contributed by atoms with E-state index >= 15 is 0 Å². The minimum Gasteiger partial charge on any atom is -0.490 e. The highest BCUT2D eigenvalue weighted by Crippen LogP contribution is 2.35. The van der Waals surface area contributed by atoms with Crippen LogP contribution in [-0.4, -0.2) is 25.3 Å². The number of carbonyl (C=O) groups excluding carboxylic acids is 1. The number of rotatable bonds is 10. The molecule has 1 amide bonds. The Kier molecular flexibility index (Phi) is 9.40. The summed E-state index contributed by atoms with van der Waals surface area (Å²) in [5, 5.41) is 9.53. The van der Waals surface area contributed by atoms with Crippen molar-refractivity contribution in [2.75, 3.05) is 18.5 Å². The zero-order valence-corrected chi connectivity index (χ0v) is 23.9. The van der Waals surface area contributed by atoms with Gasteiger partial charge in [0.1, 0.15) is 6.61 Å². The van der Waals surface area contributed by atoms with Crippen molar-refractivity contribution in [3.63, 3.8) is 0 Å². The van der Waals surface area contributed by atoms with Crippen LogP contribution in [0.5, 0.6) is 11.5 Å². The number of carbonyl (C=O) groups is 1. The SMILES string of the molecule is CCOc1cc(/C=N\NC(=O)CNc2ccc(I)cc2)cc(I)c1OCc1cccc2ccccc12. The maximum atomic E-state index is 12.1. The maximum absolute atomic E-state index is 12.1. The first-order valence-corrected chi connectivity index (χ1v) is 13.6. The molecule has 0 radical (unpaired) electrons. The molecule has 0 bridgehead atoms. The summed E-state index contributed by atoms with van der Waals surface area (Å²) in [6, 6.07) is 26.1. The second-order valence-corrected chi connectivity index (χ2v) is 10.3. The van der Waals surface area contributed by atoms with Crippen LogP contribution in [0.1, 0.15) is 18.1 Å². The second-order valence-electron chi connectivity index (χ2n) is 7.84. The minimum atomic E-state index is -0.237. The van der Waals surface area contributed by atoms with Gasteiger partial charge in [-0.2, -0.15) is 5.10 Å². The molecule has 4 rings (SSSR count). The van der Waals surface area contributed by atoms with Crippen molar-refractivity contribution in [1.29, 1.82) is 0 Å². The summed E-state index contributed by atoms with van der Waals surface area (Å²) in [6.07, 6.45) is 1.60. The van der Waals surface area contributed by atoms with Gasteiger partial charge in [0.25, 0.3) is 5.91 Å². The third kappa shape index (κ3) is 7.10. The molecule has 0 spiro atoms. The van der Waals surface area contributed by atoms with Gasteiger partial charge in [-0.15, -0.1) is 0 Å². The normalized spacial score (nSPS) is 11.0. The van der Waals surface area contributed by atoms with Crippen LogP contribution in [0.15, 0.2) is 84.0 Å². The van der Waals surface area contributed by atoms with Gasteiger partial charge in [0.2, 0.25) is 0 Å². The zero-order chi connectivity index (χ0) is 25.3. The van der Waals surface area contributed by atoms with Gasteiger partial charge in [-0.05, 0) is 110 Å². The fraction of sp³-hybridized carbons (Fsp3) is 0.143. The highest BCUT2D eigenvalue weighted by Gasteiger charge is 2.13. The molecule has 4 aromatic rings. The van der Waals surface area contributed by atoms with E-state index in [9.17, 15) is 4.79 Å². The number of nitrogens with one attached hydrogen (secondary N) is 2. The van der Waals surface area contributed by atoms with E-state index in [-0.39, 0.29) is 12.5 Å². The second kappa shape index (κ2) is 12.9. The maximum Gasteiger partial charge on any atom is 0.259 e. The van der Waals surface area contributed by atoms with Gasteiger partial charge in [-0.3, -0.25) is 4.79 Å². The first kappa shape index (κ1) is 26.2. The Hall–Kier alpha value is -2.86. The molecule has 8 heteroatoms. The molecule has 0 fully saturated rings. The molecule has 0 atom stereocenters. The largest absolute Gasteiger partial charge is 0.490 e. The molecule has 0 aliphatic heterocycles. The molecule has 184 valence electrons. The van der Waals surface area contributed by atoms with Crippen LogP contribution in [0.25, 0.3) is 10.8 Å². The van der Waals surface area contributed by atoms with Crippen LogP contribution >= 0.6 is 45.2 Å². The number of benzene rings is 4. The molecule has 0 aliphatic carbocycles. The van der Waals surface area contributed by atoms with Gasteiger partial charge in [-0.25, -0.2) is 5.43 Å². The van der Waals surface area contributed by atoms with E-state index in [2.05, 4.69) is 85.3 Å². The Labute approximate surface area is 237 Å². The van der Waals surface area contributed by atoms with Gasteiger partial charge in [0.15, 0.2) is 11.5 Å². The lowest BCUT2D eigenvalue weighted by Crippen LogP contribution is -2.25. The molecular weight excluding hydrogens is 680 g/mol.